The number of alkyl halides is 3. The molecule has 0 unspecified atom stereocenters. The third-order valence-corrected chi connectivity index (χ3v) is 7.31. The van der Waals surface area contributed by atoms with Crippen LogP contribution >= 0.6 is 0 Å². The molecule has 1 aliphatic rings. The van der Waals surface area contributed by atoms with Gasteiger partial charge in [0.05, 0.1) is 41.4 Å². The number of carbonyl (C=O) groups excluding carboxylic acids is 2. The molecule has 0 spiro atoms. The molecule has 2 aromatic carbocycles. The molecular weight excluding hydrogens is 561 g/mol. The number of benzene rings is 2. The molecule has 0 saturated heterocycles. The van der Waals surface area contributed by atoms with Crippen LogP contribution in [0.5, 0.6) is 5.75 Å². The molecule has 12 heteroatoms. The van der Waals surface area contributed by atoms with Crippen molar-refractivity contribution in [1.82, 2.24) is 14.9 Å². The van der Waals surface area contributed by atoms with Crippen LogP contribution in [0.3, 0.4) is 0 Å². The second-order valence-corrected chi connectivity index (χ2v) is 10.1. The van der Waals surface area contributed by atoms with Crippen molar-refractivity contribution in [2.75, 3.05) is 24.8 Å². The maximum atomic E-state index is 14.0. The van der Waals surface area contributed by atoms with Gasteiger partial charge in [0.25, 0.3) is 11.8 Å². The summed E-state index contributed by atoms with van der Waals surface area (Å²) in [4.78, 5) is 29.0. The van der Waals surface area contributed by atoms with Gasteiger partial charge < -0.3 is 25.7 Å². The lowest BCUT2D eigenvalue weighted by Gasteiger charge is -2.35. The molecule has 1 fully saturated rings. The number of nitrogens with one attached hydrogen (secondary N) is 2. The number of pyridine rings is 1. The molecule has 1 saturated carbocycles. The Morgan fingerprint density at radius 2 is 1.93 bits per heavy atom. The average molecular weight is 589 g/mol. The van der Waals surface area contributed by atoms with E-state index in [4.69, 9.17) is 10.5 Å². The molecule has 5 rings (SSSR count). The van der Waals surface area contributed by atoms with E-state index in [9.17, 15) is 28.0 Å². The smallest absolute Gasteiger partial charge is 0.255 e. The number of hydrogen-bond donors (Lipinski definition) is 3. The van der Waals surface area contributed by atoms with E-state index < -0.39 is 37.4 Å². The molecule has 9 nitrogen and oxygen atoms in total. The Morgan fingerprint density at radius 1 is 1.23 bits per heavy atom. The number of nitrogens with two attached hydrogens (primary N) is 1. The highest BCUT2D eigenvalue weighted by molar-refractivity contribution is 6.11. The third kappa shape index (κ3) is 5.49. The summed E-state index contributed by atoms with van der Waals surface area (Å²) < 4.78 is 47.8. The molecule has 220 valence electrons. The van der Waals surface area contributed by atoms with E-state index in [1.807, 2.05) is 0 Å². The molecule has 2 amide bonds. The van der Waals surface area contributed by atoms with Gasteiger partial charge >= 0.3 is 0 Å². The number of hydrogen-bond acceptors (Lipinski definition) is 6. The third-order valence-electron chi connectivity index (χ3n) is 7.31. The van der Waals surface area contributed by atoms with Gasteiger partial charge in [0.2, 0.25) is 5.91 Å². The van der Waals surface area contributed by atoms with Crippen LogP contribution in [0.4, 0.5) is 24.7 Å². The van der Waals surface area contributed by atoms with Crippen molar-refractivity contribution in [2.24, 2.45) is 0 Å². The Balaban J connectivity index is 1.69. The van der Waals surface area contributed by atoms with Crippen LogP contribution in [-0.4, -0.2) is 47.1 Å². The van der Waals surface area contributed by atoms with Gasteiger partial charge in [0, 0.05) is 36.3 Å². The van der Waals surface area contributed by atoms with Crippen LogP contribution in [0.15, 0.2) is 61.3 Å². The monoisotopic (exact) mass is 588 g/mol. The first-order valence-corrected chi connectivity index (χ1v) is 13.3. The predicted octanol–water partition coefficient (Wildman–Crippen LogP) is 5.45. The van der Waals surface area contributed by atoms with Crippen molar-refractivity contribution in [1.29, 1.82) is 5.26 Å². The van der Waals surface area contributed by atoms with Crippen molar-refractivity contribution < 1.29 is 27.5 Å². The summed E-state index contributed by atoms with van der Waals surface area (Å²) in [7, 11) is 1.38. The average Bonchev–Trinajstić information content (AvgIpc) is 3.32. The first kappa shape index (κ1) is 29.2. The molecule has 2 heterocycles. The largest absolute Gasteiger partial charge is 0.496 e. The maximum absolute atomic E-state index is 14.0. The van der Waals surface area contributed by atoms with E-state index in [1.54, 1.807) is 41.0 Å². The lowest BCUT2D eigenvalue weighted by atomic mass is 9.88. The molecule has 2 aromatic heterocycles. The molecular formula is C31H27F3N6O3. The Labute approximate surface area is 244 Å². The number of rotatable bonds is 9. The van der Waals surface area contributed by atoms with E-state index in [0.29, 0.717) is 39.0 Å². The SMILES string of the molecule is C=CC(=O)Nc1ccc(-c2c(-c3ccc(C(=O)NC4CC(F)(F)C4)c(OC)c3)c3c(N)ncc(C#N)c3n2CCF)cc1. The number of fused-ring (bicyclic) bond motifs is 1. The number of anilines is 2. The van der Waals surface area contributed by atoms with Crippen LogP contribution in [0.25, 0.3) is 33.3 Å². The van der Waals surface area contributed by atoms with E-state index >= 15 is 0 Å². The van der Waals surface area contributed by atoms with Gasteiger partial charge in [-0.1, -0.05) is 24.8 Å². The standard InChI is InChI=1S/C31H27F3N6O3/c1-3-24(41)38-20-7-4-17(5-8-20)27-25(26-28(40(27)11-10-32)19(15-35)16-37-29(26)36)18-6-9-22(23(12-18)43-2)30(42)39-21-13-31(33,34)14-21/h3-9,12,16,21H,1,10-11,13-14H2,2H3,(H2,36,37)(H,38,41)(H,39,42). The van der Waals surface area contributed by atoms with E-state index in [-0.39, 0.29) is 35.1 Å². The van der Waals surface area contributed by atoms with Gasteiger partial charge in [-0.2, -0.15) is 5.26 Å². The van der Waals surface area contributed by atoms with E-state index in [1.165, 1.54) is 19.4 Å². The number of nitriles is 1. The van der Waals surface area contributed by atoms with Crippen LogP contribution in [0.1, 0.15) is 28.8 Å². The first-order valence-electron chi connectivity index (χ1n) is 13.3. The fraction of sp³-hybridized carbons (Fsp3) is 0.226. The van der Waals surface area contributed by atoms with Gasteiger partial charge in [-0.3, -0.25) is 9.59 Å². The molecule has 4 N–H and O–H groups in total. The number of ether oxygens (including phenoxy) is 1. The molecule has 0 radical (unpaired) electrons. The zero-order chi connectivity index (χ0) is 30.9. The number of aromatic nitrogens is 2. The normalized spacial score (nSPS) is 14.0. The highest BCUT2D eigenvalue weighted by atomic mass is 19.3. The lowest BCUT2D eigenvalue weighted by Crippen LogP contribution is -2.50. The number of nitrogen functional groups attached to an aromatic ring is 1. The van der Waals surface area contributed by atoms with Gasteiger partial charge in [-0.15, -0.1) is 0 Å². The Kier molecular flexibility index (Phi) is 7.82. The zero-order valence-corrected chi connectivity index (χ0v) is 23.1. The minimum Gasteiger partial charge on any atom is -0.496 e. The first-order chi connectivity index (χ1) is 20.6. The molecule has 43 heavy (non-hydrogen) atoms. The lowest BCUT2D eigenvalue weighted by molar-refractivity contribution is -0.111. The molecule has 0 atom stereocenters. The number of methoxy groups -OCH3 is 1. The van der Waals surface area contributed by atoms with E-state index in [0.717, 1.165) is 6.08 Å². The highest BCUT2D eigenvalue weighted by Gasteiger charge is 2.46. The summed E-state index contributed by atoms with van der Waals surface area (Å²) >= 11 is 0. The van der Waals surface area contributed by atoms with Crippen LogP contribution in [0, 0.1) is 11.3 Å². The van der Waals surface area contributed by atoms with Crippen molar-refractivity contribution >= 4 is 34.2 Å². The quantitative estimate of drug-likeness (QED) is 0.223. The maximum Gasteiger partial charge on any atom is 0.255 e. The second-order valence-electron chi connectivity index (χ2n) is 10.1. The summed E-state index contributed by atoms with van der Waals surface area (Å²) in [5.74, 6) is -3.47. The van der Waals surface area contributed by atoms with E-state index in [2.05, 4.69) is 28.3 Å². The number of amides is 2. The number of aryl methyl sites for hydroxylation is 1. The van der Waals surface area contributed by atoms with Crippen molar-refractivity contribution in [3.63, 3.8) is 0 Å². The highest BCUT2D eigenvalue weighted by Crippen LogP contribution is 2.45. The molecule has 4 aromatic rings. The zero-order valence-electron chi connectivity index (χ0n) is 23.1. The fourth-order valence-corrected chi connectivity index (χ4v) is 5.34. The minimum atomic E-state index is -2.79. The summed E-state index contributed by atoms with van der Waals surface area (Å²) in [5.41, 5.74) is 9.75. The predicted molar refractivity (Wildman–Crippen MR) is 157 cm³/mol. The van der Waals surface area contributed by atoms with Crippen LogP contribution in [-0.2, 0) is 11.3 Å². The van der Waals surface area contributed by atoms with Gasteiger partial charge in [-0.25, -0.2) is 18.2 Å². The summed E-state index contributed by atoms with van der Waals surface area (Å²) in [6.45, 7) is 2.59. The van der Waals surface area contributed by atoms with Gasteiger partial charge in [0.15, 0.2) is 0 Å². The minimum absolute atomic E-state index is 0.101. The van der Waals surface area contributed by atoms with Crippen molar-refractivity contribution in [3.8, 4) is 34.2 Å². The van der Waals surface area contributed by atoms with Crippen LogP contribution in [0.2, 0.25) is 0 Å². The molecule has 0 bridgehead atoms. The summed E-state index contributed by atoms with van der Waals surface area (Å²) in [6, 6.07) is 13.0. The topological polar surface area (TPSA) is 135 Å². The number of halogens is 3. The van der Waals surface area contributed by atoms with Gasteiger partial charge in [0.1, 0.15) is 24.3 Å². The summed E-state index contributed by atoms with van der Waals surface area (Å²) in [6.07, 6.45) is 1.61. The molecule has 0 aliphatic heterocycles. The Morgan fingerprint density at radius 3 is 2.53 bits per heavy atom. The second kappa shape index (κ2) is 11.5. The van der Waals surface area contributed by atoms with Crippen molar-refractivity contribution in [2.45, 2.75) is 31.4 Å². The van der Waals surface area contributed by atoms with Crippen molar-refractivity contribution in [3.05, 3.63) is 72.4 Å². The Hall–Kier alpha value is -5.31. The summed E-state index contributed by atoms with van der Waals surface area (Å²) in [5, 5.41) is 15.6. The Bertz CT molecular complexity index is 1790. The molecule has 1 aliphatic carbocycles. The fourth-order valence-electron chi connectivity index (χ4n) is 5.34. The van der Waals surface area contributed by atoms with Gasteiger partial charge in [-0.05, 0) is 41.5 Å². The number of nitrogens with zero attached hydrogens (tertiary/aromatic N) is 3. The number of carbonyl (C=O) groups is 2. The van der Waals surface area contributed by atoms with Crippen LogP contribution < -0.4 is 21.1 Å².